The fourth-order valence-corrected chi connectivity index (χ4v) is 2.98. The molecule has 1 unspecified atom stereocenters. The van der Waals surface area contributed by atoms with Gasteiger partial charge in [-0.05, 0) is 32.6 Å². The fourth-order valence-electron chi connectivity index (χ4n) is 2.98. The Bertz CT molecular complexity index is 285. The van der Waals surface area contributed by atoms with Crippen molar-refractivity contribution in [1.82, 2.24) is 0 Å². The highest BCUT2D eigenvalue weighted by atomic mass is 16.7. The Morgan fingerprint density at radius 1 is 1.10 bits per heavy atom. The first-order valence-corrected chi connectivity index (χ1v) is 7.87. The number of hydrogen-bond donors (Lipinski definition) is 2. The number of ether oxygens (including phenoxy) is 3. The molecule has 6 atom stereocenters. The average molecular weight is 288 g/mol. The average Bonchev–Trinajstić information content (AvgIpc) is 2.40. The summed E-state index contributed by atoms with van der Waals surface area (Å²) >= 11 is 0. The third-order valence-electron chi connectivity index (χ3n) is 4.06. The van der Waals surface area contributed by atoms with Crippen LogP contribution in [0.5, 0.6) is 0 Å². The molecule has 0 spiro atoms. The molecule has 0 aliphatic carbocycles. The van der Waals surface area contributed by atoms with Crippen molar-refractivity contribution in [2.24, 2.45) is 0 Å². The van der Waals surface area contributed by atoms with Gasteiger partial charge in [-0.1, -0.05) is 13.3 Å². The van der Waals surface area contributed by atoms with Crippen molar-refractivity contribution in [2.45, 2.75) is 89.2 Å². The predicted octanol–water partition coefficient (Wildman–Crippen LogP) is 1.60. The second-order valence-electron chi connectivity index (χ2n) is 6.09. The van der Waals surface area contributed by atoms with Crippen LogP contribution in [-0.2, 0) is 14.2 Å². The molecule has 0 amide bonds. The van der Waals surface area contributed by atoms with E-state index in [1.54, 1.807) is 0 Å². The summed E-state index contributed by atoms with van der Waals surface area (Å²) in [5.41, 5.74) is 0. The summed E-state index contributed by atoms with van der Waals surface area (Å²) in [6.07, 6.45) is 3.58. The summed E-state index contributed by atoms with van der Waals surface area (Å²) in [6, 6.07) is 0. The molecule has 0 saturated carbocycles. The van der Waals surface area contributed by atoms with Crippen molar-refractivity contribution < 1.29 is 24.4 Å². The standard InChI is InChI=1S/C15H28O5/c1-3-4-12-7-11(16)8-13(20-12)9-18-15-14(17)6-5-10(2)19-15/h10-17H,3-9H2,1-2H3/t10-,11+,12?,13-,14-,15+/m0/s1. The van der Waals surface area contributed by atoms with Gasteiger partial charge >= 0.3 is 0 Å². The van der Waals surface area contributed by atoms with Gasteiger partial charge in [0.25, 0.3) is 0 Å². The van der Waals surface area contributed by atoms with Crippen molar-refractivity contribution >= 4 is 0 Å². The van der Waals surface area contributed by atoms with Crippen molar-refractivity contribution in [2.75, 3.05) is 6.61 Å². The number of aliphatic hydroxyl groups is 2. The van der Waals surface area contributed by atoms with E-state index in [1.807, 2.05) is 6.92 Å². The minimum atomic E-state index is -0.564. The van der Waals surface area contributed by atoms with Gasteiger partial charge in [0.2, 0.25) is 0 Å². The zero-order valence-electron chi connectivity index (χ0n) is 12.5. The zero-order chi connectivity index (χ0) is 14.5. The Balaban J connectivity index is 1.77. The van der Waals surface area contributed by atoms with E-state index in [4.69, 9.17) is 14.2 Å². The second kappa shape index (κ2) is 7.71. The molecule has 2 heterocycles. The first-order chi connectivity index (χ1) is 9.58. The number of aliphatic hydroxyl groups excluding tert-OH is 2. The van der Waals surface area contributed by atoms with Gasteiger partial charge < -0.3 is 24.4 Å². The quantitative estimate of drug-likeness (QED) is 0.804. The third kappa shape index (κ3) is 4.67. The van der Waals surface area contributed by atoms with Crippen molar-refractivity contribution in [3.8, 4) is 0 Å². The van der Waals surface area contributed by atoms with E-state index < -0.39 is 12.4 Å². The Labute approximate surface area is 121 Å². The van der Waals surface area contributed by atoms with Crippen LogP contribution in [-0.4, -0.2) is 53.6 Å². The monoisotopic (exact) mass is 288 g/mol. The molecule has 20 heavy (non-hydrogen) atoms. The number of rotatable bonds is 5. The second-order valence-corrected chi connectivity index (χ2v) is 6.09. The Morgan fingerprint density at radius 2 is 1.85 bits per heavy atom. The largest absolute Gasteiger partial charge is 0.393 e. The molecule has 5 heteroatoms. The summed E-state index contributed by atoms with van der Waals surface area (Å²) < 4.78 is 17.2. The van der Waals surface area contributed by atoms with Gasteiger partial charge in [-0.25, -0.2) is 0 Å². The highest BCUT2D eigenvalue weighted by Gasteiger charge is 2.32. The van der Waals surface area contributed by atoms with Crippen LogP contribution in [0.15, 0.2) is 0 Å². The van der Waals surface area contributed by atoms with Crippen LogP contribution in [0, 0.1) is 0 Å². The molecule has 0 aromatic rings. The van der Waals surface area contributed by atoms with E-state index in [9.17, 15) is 10.2 Å². The van der Waals surface area contributed by atoms with Gasteiger partial charge in [-0.3, -0.25) is 0 Å². The van der Waals surface area contributed by atoms with E-state index in [-0.39, 0.29) is 24.4 Å². The minimum absolute atomic E-state index is 0.108. The first kappa shape index (κ1) is 16.2. The molecule has 5 nitrogen and oxygen atoms in total. The summed E-state index contributed by atoms with van der Waals surface area (Å²) in [6.45, 7) is 4.47. The lowest BCUT2D eigenvalue weighted by molar-refractivity contribution is -0.251. The zero-order valence-corrected chi connectivity index (χ0v) is 12.5. The summed E-state index contributed by atoms with van der Waals surface area (Å²) in [5.74, 6) is 0. The van der Waals surface area contributed by atoms with Crippen LogP contribution in [0.25, 0.3) is 0 Å². The van der Waals surface area contributed by atoms with Crippen LogP contribution in [0.3, 0.4) is 0 Å². The molecule has 0 aromatic carbocycles. The molecule has 2 rings (SSSR count). The van der Waals surface area contributed by atoms with Crippen LogP contribution in [0.4, 0.5) is 0 Å². The maximum absolute atomic E-state index is 9.89. The molecule has 0 aromatic heterocycles. The van der Waals surface area contributed by atoms with Gasteiger partial charge in [0.1, 0.15) is 6.10 Å². The molecular formula is C15H28O5. The van der Waals surface area contributed by atoms with Gasteiger partial charge in [-0.15, -0.1) is 0 Å². The normalized spacial score (nSPS) is 42.6. The Hall–Kier alpha value is -0.200. The predicted molar refractivity (Wildman–Crippen MR) is 74.3 cm³/mol. The van der Waals surface area contributed by atoms with Crippen LogP contribution >= 0.6 is 0 Å². The SMILES string of the molecule is CCCC1C[C@@H](O)C[C@@H](CO[C@@H]2O[C@@H](C)CC[C@@H]2O)O1. The molecule has 0 radical (unpaired) electrons. The Kier molecular flexibility index (Phi) is 6.23. The molecule has 2 saturated heterocycles. The van der Waals surface area contributed by atoms with Gasteiger partial charge in [0, 0.05) is 6.42 Å². The van der Waals surface area contributed by atoms with E-state index in [0.29, 0.717) is 25.9 Å². The highest BCUT2D eigenvalue weighted by molar-refractivity contribution is 4.78. The maximum Gasteiger partial charge on any atom is 0.183 e. The lowest BCUT2D eigenvalue weighted by Gasteiger charge is -2.36. The van der Waals surface area contributed by atoms with E-state index in [2.05, 4.69) is 6.92 Å². The van der Waals surface area contributed by atoms with Crippen LogP contribution in [0.1, 0.15) is 52.4 Å². The van der Waals surface area contributed by atoms with Gasteiger partial charge in [0.15, 0.2) is 6.29 Å². The van der Waals surface area contributed by atoms with E-state index in [1.165, 1.54) is 0 Å². The molecule has 2 fully saturated rings. The lowest BCUT2D eigenvalue weighted by Crippen LogP contribution is -2.43. The van der Waals surface area contributed by atoms with Gasteiger partial charge in [0.05, 0.1) is 31.0 Å². The molecule has 2 N–H and O–H groups in total. The van der Waals surface area contributed by atoms with Crippen molar-refractivity contribution in [1.29, 1.82) is 0 Å². The minimum Gasteiger partial charge on any atom is -0.393 e. The summed E-state index contributed by atoms with van der Waals surface area (Å²) in [4.78, 5) is 0. The Morgan fingerprint density at radius 3 is 2.60 bits per heavy atom. The molecule has 118 valence electrons. The fraction of sp³-hybridized carbons (Fsp3) is 1.00. The number of hydrogen-bond acceptors (Lipinski definition) is 5. The van der Waals surface area contributed by atoms with Crippen LogP contribution in [0.2, 0.25) is 0 Å². The van der Waals surface area contributed by atoms with Crippen LogP contribution < -0.4 is 0 Å². The molecule has 2 aliphatic rings. The van der Waals surface area contributed by atoms with Crippen molar-refractivity contribution in [3.05, 3.63) is 0 Å². The third-order valence-corrected chi connectivity index (χ3v) is 4.06. The topological polar surface area (TPSA) is 68.2 Å². The summed E-state index contributed by atoms with van der Waals surface area (Å²) in [5, 5.41) is 19.8. The van der Waals surface area contributed by atoms with E-state index in [0.717, 1.165) is 19.3 Å². The molecule has 0 bridgehead atoms. The van der Waals surface area contributed by atoms with E-state index >= 15 is 0 Å². The van der Waals surface area contributed by atoms with Gasteiger partial charge in [-0.2, -0.15) is 0 Å². The summed E-state index contributed by atoms with van der Waals surface area (Å²) in [7, 11) is 0. The lowest BCUT2D eigenvalue weighted by atomic mass is 9.98. The van der Waals surface area contributed by atoms with Crippen molar-refractivity contribution in [3.63, 3.8) is 0 Å². The molecular weight excluding hydrogens is 260 g/mol. The molecule has 2 aliphatic heterocycles. The smallest absolute Gasteiger partial charge is 0.183 e. The highest BCUT2D eigenvalue weighted by Crippen LogP contribution is 2.25. The first-order valence-electron chi connectivity index (χ1n) is 7.87. The maximum atomic E-state index is 9.89.